The van der Waals surface area contributed by atoms with Gasteiger partial charge in [-0.25, -0.2) is 4.98 Å². The molecule has 1 spiro atoms. The van der Waals surface area contributed by atoms with Crippen LogP contribution in [-0.4, -0.2) is 4.98 Å². The highest BCUT2D eigenvalue weighted by atomic mass is 14.7. The number of fused-ring (bicyclic) bond motifs is 14. The third-order valence-corrected chi connectivity index (χ3v) is 11.3. The molecule has 0 saturated carbocycles. The van der Waals surface area contributed by atoms with Gasteiger partial charge >= 0.3 is 0 Å². The Morgan fingerprint density at radius 2 is 0.784 bits per heavy atom. The molecule has 0 fully saturated rings. The number of nitrogens with zero attached hydrogens (tertiary/aromatic N) is 1. The molecule has 2 aliphatic carbocycles. The maximum Gasteiger partial charge on any atom is 0.0788 e. The van der Waals surface area contributed by atoms with Gasteiger partial charge in [0.1, 0.15) is 0 Å². The van der Waals surface area contributed by atoms with Crippen molar-refractivity contribution in [3.63, 3.8) is 0 Å². The van der Waals surface area contributed by atoms with Crippen molar-refractivity contribution in [2.24, 2.45) is 0 Å². The van der Waals surface area contributed by atoms with Gasteiger partial charge in [-0.3, -0.25) is 0 Å². The second-order valence-corrected chi connectivity index (χ2v) is 13.8. The monoisotopic (exact) mass is 645 g/mol. The van der Waals surface area contributed by atoms with E-state index in [1.807, 2.05) is 0 Å². The van der Waals surface area contributed by atoms with Gasteiger partial charge in [-0.05, 0) is 72.8 Å². The summed E-state index contributed by atoms with van der Waals surface area (Å²) in [5.74, 6) is 0. The normalized spacial score (nSPS) is 13.3. The average molecular weight is 646 g/mol. The Morgan fingerprint density at radius 1 is 0.314 bits per heavy atom. The number of hydrogen-bond donors (Lipinski definition) is 0. The Kier molecular flexibility index (Phi) is 5.94. The van der Waals surface area contributed by atoms with E-state index < -0.39 is 0 Å². The smallest absolute Gasteiger partial charge is 0.0788 e. The van der Waals surface area contributed by atoms with Crippen LogP contribution in [0.1, 0.15) is 22.3 Å². The van der Waals surface area contributed by atoms with Crippen molar-refractivity contribution in [1.82, 2.24) is 4.98 Å². The fourth-order valence-electron chi connectivity index (χ4n) is 9.15. The van der Waals surface area contributed by atoms with E-state index >= 15 is 0 Å². The molecule has 1 nitrogen and oxygen atoms in total. The van der Waals surface area contributed by atoms with Gasteiger partial charge in [0.2, 0.25) is 0 Å². The number of benzene rings is 8. The highest BCUT2D eigenvalue weighted by Gasteiger charge is 2.52. The number of rotatable bonds is 3. The van der Waals surface area contributed by atoms with Crippen molar-refractivity contribution in [1.29, 1.82) is 0 Å². The molecule has 0 amide bonds. The van der Waals surface area contributed by atoms with E-state index in [9.17, 15) is 0 Å². The van der Waals surface area contributed by atoms with Crippen LogP contribution in [0.5, 0.6) is 0 Å². The zero-order valence-corrected chi connectivity index (χ0v) is 27.8. The van der Waals surface area contributed by atoms with E-state index in [-0.39, 0.29) is 5.41 Å². The average Bonchev–Trinajstić information content (AvgIpc) is 3.68. The largest absolute Gasteiger partial charge is 0.247 e. The summed E-state index contributed by atoms with van der Waals surface area (Å²) in [7, 11) is 0. The predicted octanol–water partition coefficient (Wildman–Crippen LogP) is 12.7. The summed E-state index contributed by atoms with van der Waals surface area (Å²) in [6.07, 6.45) is 0. The van der Waals surface area contributed by atoms with Crippen molar-refractivity contribution >= 4 is 21.7 Å². The predicted molar refractivity (Wildman–Crippen MR) is 212 cm³/mol. The molecule has 236 valence electrons. The topological polar surface area (TPSA) is 12.9 Å². The van der Waals surface area contributed by atoms with Gasteiger partial charge in [-0.1, -0.05) is 182 Å². The quantitative estimate of drug-likeness (QED) is 0.174. The SMILES string of the molecule is c1ccc(-c2ccc(-c3ccc(-c4nc5ccccc5c5c6c(ccc45)C4(c5ccccc5-c5ccccc54)c4ccccc4-6)cc3)cc2)cc1. The number of pyridine rings is 1. The first kappa shape index (κ1) is 28.3. The van der Waals surface area contributed by atoms with E-state index in [0.717, 1.165) is 16.8 Å². The minimum atomic E-state index is -0.379. The Labute approximate surface area is 297 Å². The third kappa shape index (κ3) is 3.89. The van der Waals surface area contributed by atoms with Crippen molar-refractivity contribution in [2.45, 2.75) is 5.41 Å². The molecule has 11 rings (SSSR count). The van der Waals surface area contributed by atoms with E-state index in [0.29, 0.717) is 0 Å². The molecule has 0 unspecified atom stereocenters. The highest BCUT2D eigenvalue weighted by molar-refractivity contribution is 6.20. The van der Waals surface area contributed by atoms with Crippen molar-refractivity contribution < 1.29 is 0 Å². The molecule has 1 heterocycles. The first-order valence-corrected chi connectivity index (χ1v) is 17.7. The number of para-hydroxylation sites is 1. The molecule has 0 radical (unpaired) electrons. The van der Waals surface area contributed by atoms with Gasteiger partial charge in [0.05, 0.1) is 16.6 Å². The minimum absolute atomic E-state index is 0.379. The molecule has 9 aromatic rings. The Balaban J connectivity index is 1.13. The lowest BCUT2D eigenvalue weighted by atomic mass is 9.70. The second-order valence-electron chi connectivity index (χ2n) is 13.8. The molecule has 51 heavy (non-hydrogen) atoms. The van der Waals surface area contributed by atoms with Gasteiger partial charge in [0.25, 0.3) is 0 Å². The van der Waals surface area contributed by atoms with Crippen molar-refractivity contribution in [3.8, 4) is 55.8 Å². The molecule has 8 aromatic carbocycles. The van der Waals surface area contributed by atoms with E-state index in [2.05, 4.69) is 188 Å². The molecular weight excluding hydrogens is 615 g/mol. The molecule has 0 aliphatic heterocycles. The van der Waals surface area contributed by atoms with Crippen LogP contribution in [0, 0.1) is 0 Å². The molecule has 0 N–H and O–H groups in total. The summed E-state index contributed by atoms with van der Waals surface area (Å²) < 4.78 is 0. The van der Waals surface area contributed by atoms with Gasteiger partial charge < -0.3 is 0 Å². The minimum Gasteiger partial charge on any atom is -0.247 e. The summed E-state index contributed by atoms with van der Waals surface area (Å²) in [5.41, 5.74) is 18.3. The molecule has 0 atom stereocenters. The maximum atomic E-state index is 5.36. The van der Waals surface area contributed by atoms with Gasteiger partial charge in [-0.15, -0.1) is 0 Å². The van der Waals surface area contributed by atoms with Crippen LogP contribution in [0.15, 0.2) is 188 Å². The fraction of sp³-hybridized carbons (Fsp3) is 0.0200. The second kappa shape index (κ2) is 10.7. The van der Waals surface area contributed by atoms with Crippen LogP contribution in [0.2, 0.25) is 0 Å². The lowest BCUT2D eigenvalue weighted by Crippen LogP contribution is -2.25. The summed E-state index contributed by atoms with van der Waals surface area (Å²) in [4.78, 5) is 5.36. The Morgan fingerprint density at radius 3 is 1.41 bits per heavy atom. The fourth-order valence-corrected chi connectivity index (χ4v) is 9.15. The molecule has 2 aliphatic rings. The van der Waals surface area contributed by atoms with Crippen LogP contribution in [0.3, 0.4) is 0 Å². The first-order valence-electron chi connectivity index (χ1n) is 17.7. The summed E-state index contributed by atoms with van der Waals surface area (Å²) in [6, 6.07) is 68.9. The van der Waals surface area contributed by atoms with E-state index in [1.165, 1.54) is 82.9 Å². The van der Waals surface area contributed by atoms with E-state index in [4.69, 9.17) is 4.98 Å². The van der Waals surface area contributed by atoms with Crippen LogP contribution in [0.4, 0.5) is 0 Å². The molecule has 1 heteroatoms. The van der Waals surface area contributed by atoms with Crippen LogP contribution in [-0.2, 0) is 5.41 Å². The zero-order valence-electron chi connectivity index (χ0n) is 27.8. The molecular formula is C50H31N. The highest BCUT2D eigenvalue weighted by Crippen LogP contribution is 2.64. The van der Waals surface area contributed by atoms with Crippen LogP contribution < -0.4 is 0 Å². The lowest BCUT2D eigenvalue weighted by molar-refractivity contribution is 0.794. The number of aromatic nitrogens is 1. The van der Waals surface area contributed by atoms with Crippen LogP contribution in [0.25, 0.3) is 77.4 Å². The summed E-state index contributed by atoms with van der Waals surface area (Å²) in [6.45, 7) is 0. The van der Waals surface area contributed by atoms with Crippen molar-refractivity contribution in [3.05, 3.63) is 210 Å². The third-order valence-electron chi connectivity index (χ3n) is 11.3. The number of hydrogen-bond acceptors (Lipinski definition) is 1. The summed E-state index contributed by atoms with van der Waals surface area (Å²) in [5, 5.41) is 3.65. The molecule has 0 bridgehead atoms. The maximum absolute atomic E-state index is 5.36. The molecule has 0 saturated heterocycles. The first-order chi connectivity index (χ1) is 25.3. The zero-order chi connectivity index (χ0) is 33.5. The van der Waals surface area contributed by atoms with Crippen molar-refractivity contribution in [2.75, 3.05) is 0 Å². The van der Waals surface area contributed by atoms with Gasteiger partial charge in [-0.2, -0.15) is 0 Å². The van der Waals surface area contributed by atoms with Crippen LogP contribution >= 0.6 is 0 Å². The molecule has 1 aromatic heterocycles. The van der Waals surface area contributed by atoms with E-state index in [1.54, 1.807) is 0 Å². The standard InChI is InChI=1S/C50H31N/c1-2-12-32(13-3-1)33-22-24-34(25-23-33)35-26-28-36(29-27-35)49-41-30-31-45-48(47(41)40-17-7-11-21-46(40)51-49)39-16-6-10-20-44(39)50(45)42-18-8-4-14-37(42)38-15-5-9-19-43(38)50/h1-31H. The lowest BCUT2D eigenvalue weighted by Gasteiger charge is -2.30. The Hall–Kier alpha value is -6.57. The van der Waals surface area contributed by atoms with Gasteiger partial charge in [0, 0.05) is 21.7 Å². The summed E-state index contributed by atoms with van der Waals surface area (Å²) >= 11 is 0. The van der Waals surface area contributed by atoms with Gasteiger partial charge in [0.15, 0.2) is 0 Å². The Bertz CT molecular complexity index is 2780.